The van der Waals surface area contributed by atoms with Crippen molar-refractivity contribution in [2.75, 3.05) is 11.9 Å². The molecule has 0 saturated heterocycles. The molecule has 2 heterocycles. The maximum atomic E-state index is 12.7. The van der Waals surface area contributed by atoms with Gasteiger partial charge in [0.1, 0.15) is 17.0 Å². The van der Waals surface area contributed by atoms with E-state index >= 15 is 0 Å². The van der Waals surface area contributed by atoms with Crippen molar-refractivity contribution >= 4 is 28.4 Å². The summed E-state index contributed by atoms with van der Waals surface area (Å²) < 4.78 is 16.9. The maximum absolute atomic E-state index is 12.7. The Hall–Kier alpha value is -4.92. The van der Waals surface area contributed by atoms with Crippen molar-refractivity contribution in [2.24, 2.45) is 0 Å². The number of furan rings is 1. The van der Waals surface area contributed by atoms with Crippen molar-refractivity contribution in [3.05, 3.63) is 94.7 Å². The largest absolute Gasteiger partial charge is 0.494 e. The van der Waals surface area contributed by atoms with E-state index in [-0.39, 0.29) is 17.2 Å². The van der Waals surface area contributed by atoms with Crippen molar-refractivity contribution in [1.82, 2.24) is 4.98 Å². The van der Waals surface area contributed by atoms with E-state index in [1.54, 1.807) is 36.4 Å². The van der Waals surface area contributed by atoms with E-state index in [1.165, 1.54) is 18.2 Å². The standard InChI is InChI=1S/C26H19N3O6/c1-2-33-18-10-7-16(8-11-18)26-28-20-15-17(9-12-23(20)35-26)27-25(30)24-14-13-22(34-24)19-5-3-4-6-21(19)29(31)32/h3-15H,2H2,1H3,(H,27,30). The van der Waals surface area contributed by atoms with Gasteiger partial charge in [0.2, 0.25) is 5.89 Å². The Labute approximate surface area is 199 Å². The van der Waals surface area contributed by atoms with Crippen LogP contribution in [0.3, 0.4) is 0 Å². The van der Waals surface area contributed by atoms with Crippen LogP contribution < -0.4 is 10.1 Å². The number of carbonyl (C=O) groups is 1. The van der Waals surface area contributed by atoms with Gasteiger partial charge in [0.15, 0.2) is 11.3 Å². The number of oxazole rings is 1. The smallest absolute Gasteiger partial charge is 0.291 e. The van der Waals surface area contributed by atoms with E-state index in [1.807, 2.05) is 31.2 Å². The van der Waals surface area contributed by atoms with Crippen LogP contribution in [0.25, 0.3) is 33.9 Å². The van der Waals surface area contributed by atoms with Crippen molar-refractivity contribution in [2.45, 2.75) is 6.92 Å². The van der Waals surface area contributed by atoms with Gasteiger partial charge in [0, 0.05) is 17.3 Å². The monoisotopic (exact) mass is 469 g/mol. The van der Waals surface area contributed by atoms with Gasteiger partial charge in [-0.05, 0) is 67.6 Å². The van der Waals surface area contributed by atoms with Gasteiger partial charge in [-0.1, -0.05) is 12.1 Å². The number of nitrogens with one attached hydrogen (secondary N) is 1. The average molecular weight is 469 g/mol. The molecule has 0 spiro atoms. The highest BCUT2D eigenvalue weighted by Crippen LogP contribution is 2.31. The lowest BCUT2D eigenvalue weighted by Crippen LogP contribution is -2.10. The van der Waals surface area contributed by atoms with Crippen LogP contribution >= 0.6 is 0 Å². The fourth-order valence-electron chi connectivity index (χ4n) is 3.63. The number of nitro groups is 1. The van der Waals surface area contributed by atoms with E-state index in [9.17, 15) is 14.9 Å². The number of anilines is 1. The minimum atomic E-state index is -0.496. The van der Waals surface area contributed by atoms with Gasteiger partial charge < -0.3 is 18.9 Å². The number of para-hydroxylation sites is 1. The Bertz CT molecular complexity index is 1530. The van der Waals surface area contributed by atoms with E-state index in [4.69, 9.17) is 13.6 Å². The van der Waals surface area contributed by atoms with Gasteiger partial charge in [-0.25, -0.2) is 4.98 Å². The van der Waals surface area contributed by atoms with Crippen LogP contribution in [0.4, 0.5) is 11.4 Å². The summed E-state index contributed by atoms with van der Waals surface area (Å²) in [6.07, 6.45) is 0. The van der Waals surface area contributed by atoms with Crippen molar-refractivity contribution in [3.8, 4) is 28.5 Å². The van der Waals surface area contributed by atoms with Crippen LogP contribution in [-0.2, 0) is 0 Å². The molecule has 0 unspecified atom stereocenters. The van der Waals surface area contributed by atoms with E-state index in [2.05, 4.69) is 10.3 Å². The lowest BCUT2D eigenvalue weighted by molar-refractivity contribution is -0.384. The van der Waals surface area contributed by atoms with Gasteiger partial charge in [-0.15, -0.1) is 0 Å². The summed E-state index contributed by atoms with van der Waals surface area (Å²) in [4.78, 5) is 28.0. The van der Waals surface area contributed by atoms with Crippen molar-refractivity contribution < 1.29 is 23.3 Å². The zero-order chi connectivity index (χ0) is 24.4. The molecule has 5 aromatic rings. The van der Waals surface area contributed by atoms with Crippen LogP contribution in [0, 0.1) is 10.1 Å². The highest BCUT2D eigenvalue weighted by atomic mass is 16.6. The highest BCUT2D eigenvalue weighted by Gasteiger charge is 2.19. The number of hydrogen-bond donors (Lipinski definition) is 1. The summed E-state index contributed by atoms with van der Waals surface area (Å²) in [6.45, 7) is 2.51. The summed E-state index contributed by atoms with van der Waals surface area (Å²) >= 11 is 0. The van der Waals surface area contributed by atoms with Gasteiger partial charge >= 0.3 is 0 Å². The third-order valence-corrected chi connectivity index (χ3v) is 5.25. The second kappa shape index (κ2) is 9.14. The number of nitrogens with zero attached hydrogens (tertiary/aromatic N) is 2. The van der Waals surface area contributed by atoms with Crippen LogP contribution in [0.5, 0.6) is 5.75 Å². The Morgan fingerprint density at radius 1 is 1.03 bits per heavy atom. The Balaban J connectivity index is 1.35. The van der Waals surface area contributed by atoms with Gasteiger partial charge in [-0.3, -0.25) is 14.9 Å². The molecule has 9 nitrogen and oxygen atoms in total. The number of fused-ring (bicyclic) bond motifs is 1. The quantitative estimate of drug-likeness (QED) is 0.219. The Kier molecular flexibility index (Phi) is 5.72. The third kappa shape index (κ3) is 4.47. The zero-order valence-electron chi connectivity index (χ0n) is 18.6. The topological polar surface area (TPSA) is 121 Å². The fraction of sp³-hybridized carbons (Fsp3) is 0.0769. The number of rotatable bonds is 7. The molecule has 0 aliphatic carbocycles. The molecule has 9 heteroatoms. The van der Waals surface area contributed by atoms with E-state index < -0.39 is 10.8 Å². The molecule has 0 bridgehead atoms. The maximum Gasteiger partial charge on any atom is 0.291 e. The summed E-state index contributed by atoms with van der Waals surface area (Å²) in [5.74, 6) is 0.972. The van der Waals surface area contributed by atoms with Crippen LogP contribution in [0.15, 0.2) is 87.7 Å². The predicted molar refractivity (Wildman–Crippen MR) is 129 cm³/mol. The number of carbonyl (C=O) groups excluding carboxylic acids is 1. The third-order valence-electron chi connectivity index (χ3n) is 5.25. The number of amides is 1. The van der Waals surface area contributed by atoms with Crippen LogP contribution in [0.2, 0.25) is 0 Å². The van der Waals surface area contributed by atoms with E-state index in [0.29, 0.717) is 34.8 Å². The van der Waals surface area contributed by atoms with Gasteiger partial charge in [-0.2, -0.15) is 0 Å². The summed E-state index contributed by atoms with van der Waals surface area (Å²) in [5.41, 5.74) is 2.64. The second-order valence-corrected chi connectivity index (χ2v) is 7.55. The molecule has 3 aromatic carbocycles. The molecule has 0 atom stereocenters. The van der Waals surface area contributed by atoms with Crippen LogP contribution in [-0.4, -0.2) is 22.4 Å². The summed E-state index contributed by atoms with van der Waals surface area (Å²) in [7, 11) is 0. The molecule has 0 fully saturated rings. The first-order chi connectivity index (χ1) is 17.0. The average Bonchev–Trinajstić information content (AvgIpc) is 3.52. The number of aromatic nitrogens is 1. The van der Waals surface area contributed by atoms with Crippen LogP contribution in [0.1, 0.15) is 17.5 Å². The Morgan fingerprint density at radius 2 is 1.83 bits per heavy atom. The van der Waals surface area contributed by atoms with E-state index in [0.717, 1.165) is 11.3 Å². The molecule has 2 aromatic heterocycles. The summed E-state index contributed by atoms with van der Waals surface area (Å²) in [6, 6.07) is 21.7. The molecular formula is C26H19N3O6. The normalized spacial score (nSPS) is 10.9. The summed E-state index contributed by atoms with van der Waals surface area (Å²) in [5, 5.41) is 14.0. The predicted octanol–water partition coefficient (Wildman–Crippen LogP) is 6.31. The molecule has 0 aliphatic rings. The molecule has 174 valence electrons. The first kappa shape index (κ1) is 21.9. The molecule has 35 heavy (non-hydrogen) atoms. The van der Waals surface area contributed by atoms with Crippen molar-refractivity contribution in [3.63, 3.8) is 0 Å². The first-order valence-electron chi connectivity index (χ1n) is 10.8. The zero-order valence-corrected chi connectivity index (χ0v) is 18.6. The number of ether oxygens (including phenoxy) is 1. The SMILES string of the molecule is CCOc1ccc(-c2nc3cc(NC(=O)c4ccc(-c5ccccc5[N+](=O)[O-])o4)ccc3o2)cc1. The minimum Gasteiger partial charge on any atom is -0.494 e. The number of benzene rings is 3. The molecule has 5 rings (SSSR count). The molecule has 0 radical (unpaired) electrons. The Morgan fingerprint density at radius 3 is 2.60 bits per heavy atom. The fourth-order valence-corrected chi connectivity index (χ4v) is 3.63. The lowest BCUT2D eigenvalue weighted by atomic mass is 10.1. The molecule has 0 saturated carbocycles. The molecule has 1 amide bonds. The second-order valence-electron chi connectivity index (χ2n) is 7.55. The van der Waals surface area contributed by atoms with Crippen molar-refractivity contribution in [1.29, 1.82) is 0 Å². The highest BCUT2D eigenvalue weighted by molar-refractivity contribution is 6.03. The number of nitro benzene ring substituents is 1. The molecule has 1 N–H and O–H groups in total. The van der Waals surface area contributed by atoms with Gasteiger partial charge in [0.25, 0.3) is 11.6 Å². The molecular weight excluding hydrogens is 450 g/mol. The minimum absolute atomic E-state index is 0.0217. The first-order valence-corrected chi connectivity index (χ1v) is 10.8. The number of hydrogen-bond acceptors (Lipinski definition) is 7. The lowest BCUT2D eigenvalue weighted by Gasteiger charge is -2.03. The molecule has 0 aliphatic heterocycles. The van der Waals surface area contributed by atoms with Gasteiger partial charge in [0.05, 0.1) is 17.1 Å².